The fraction of sp³-hybridized carbons (Fsp3) is 0.667. The molecule has 29 heavy (non-hydrogen) atoms. The molecule has 0 saturated heterocycles. The first-order valence-corrected chi connectivity index (χ1v) is 11.1. The van der Waals surface area contributed by atoms with Crippen LogP contribution in [0.3, 0.4) is 0 Å². The van der Waals surface area contributed by atoms with Crippen molar-refractivity contribution in [2.75, 3.05) is 27.7 Å². The summed E-state index contributed by atoms with van der Waals surface area (Å²) in [4.78, 5) is 23.6. The van der Waals surface area contributed by atoms with Crippen LogP contribution in [-0.4, -0.2) is 55.2 Å². The maximum Gasteiger partial charge on any atom is 0.305 e. The van der Waals surface area contributed by atoms with Gasteiger partial charge in [-0.15, -0.1) is 0 Å². The third-order valence-corrected chi connectivity index (χ3v) is 5.06. The first-order valence-electron chi connectivity index (χ1n) is 11.1. The number of rotatable bonds is 15. The third-order valence-electron chi connectivity index (χ3n) is 5.06. The van der Waals surface area contributed by atoms with E-state index in [0.29, 0.717) is 16.6 Å². The third kappa shape index (κ3) is 12.3. The molecule has 0 saturated carbocycles. The summed E-state index contributed by atoms with van der Waals surface area (Å²) in [5, 5.41) is 12.0. The van der Waals surface area contributed by atoms with Gasteiger partial charge in [-0.3, -0.25) is 9.59 Å². The van der Waals surface area contributed by atoms with E-state index in [2.05, 4.69) is 12.2 Å². The Balaban J connectivity index is 2.42. The Morgan fingerprint density at radius 1 is 0.931 bits per heavy atom. The zero-order valence-corrected chi connectivity index (χ0v) is 18.9. The van der Waals surface area contributed by atoms with Gasteiger partial charge in [0.05, 0.1) is 40.2 Å². The lowest BCUT2D eigenvalue weighted by Crippen LogP contribution is -2.49. The molecule has 0 radical (unpaired) electrons. The first kappa shape index (κ1) is 25.2. The van der Waals surface area contributed by atoms with Gasteiger partial charge in [-0.2, -0.15) is 0 Å². The van der Waals surface area contributed by atoms with Crippen molar-refractivity contribution in [3.8, 4) is 0 Å². The molecule has 1 unspecified atom stereocenters. The second-order valence-electron chi connectivity index (χ2n) is 9.16. The fourth-order valence-corrected chi connectivity index (χ4v) is 3.59. The van der Waals surface area contributed by atoms with Gasteiger partial charge >= 0.3 is 5.97 Å². The Kier molecular flexibility index (Phi) is 11.6. The van der Waals surface area contributed by atoms with Gasteiger partial charge in [0.2, 0.25) is 0 Å². The Bertz CT molecular complexity index is 606. The SMILES string of the molecule is CCCCCCCCCCc1ccc(C(=O)NC(CC(=O)O)C[N+](C)(C)C)cc1. The van der Waals surface area contributed by atoms with E-state index in [9.17, 15) is 9.59 Å². The minimum absolute atomic E-state index is 0.0716. The molecular formula is C24H41N2O3+. The van der Waals surface area contributed by atoms with Gasteiger partial charge in [-0.25, -0.2) is 0 Å². The molecule has 5 nitrogen and oxygen atoms in total. The molecular weight excluding hydrogens is 364 g/mol. The van der Waals surface area contributed by atoms with Crippen LogP contribution in [0.5, 0.6) is 0 Å². The molecule has 0 bridgehead atoms. The van der Waals surface area contributed by atoms with Crippen LogP contribution in [0.4, 0.5) is 0 Å². The summed E-state index contributed by atoms with van der Waals surface area (Å²) >= 11 is 0. The largest absolute Gasteiger partial charge is 0.481 e. The van der Waals surface area contributed by atoms with E-state index in [1.807, 2.05) is 45.4 Å². The summed E-state index contributed by atoms with van der Waals surface area (Å²) < 4.78 is 0.593. The number of hydrogen-bond acceptors (Lipinski definition) is 2. The predicted molar refractivity (Wildman–Crippen MR) is 119 cm³/mol. The summed E-state index contributed by atoms with van der Waals surface area (Å²) in [5.41, 5.74) is 1.84. The first-order chi connectivity index (χ1) is 13.7. The molecule has 1 aromatic rings. The van der Waals surface area contributed by atoms with E-state index in [0.717, 1.165) is 6.42 Å². The van der Waals surface area contributed by atoms with Gasteiger partial charge in [0.25, 0.3) is 5.91 Å². The molecule has 0 heterocycles. The Morgan fingerprint density at radius 3 is 2.00 bits per heavy atom. The molecule has 0 aliphatic heterocycles. The van der Waals surface area contributed by atoms with Gasteiger partial charge in [-0.1, -0.05) is 64.0 Å². The molecule has 0 aliphatic carbocycles. The van der Waals surface area contributed by atoms with Crippen LogP contribution in [0.25, 0.3) is 0 Å². The Hall–Kier alpha value is -1.88. The Morgan fingerprint density at radius 2 is 1.48 bits per heavy atom. The molecule has 0 fully saturated rings. The van der Waals surface area contributed by atoms with Gasteiger partial charge in [0.15, 0.2) is 0 Å². The lowest BCUT2D eigenvalue weighted by molar-refractivity contribution is -0.871. The molecule has 0 aliphatic rings. The number of likely N-dealkylation sites (N-methyl/N-ethyl adjacent to an activating group) is 1. The van der Waals surface area contributed by atoms with E-state index in [1.165, 1.54) is 56.9 Å². The highest BCUT2D eigenvalue weighted by Gasteiger charge is 2.23. The number of hydrogen-bond donors (Lipinski definition) is 2. The molecule has 0 aromatic heterocycles. The number of unbranched alkanes of at least 4 members (excludes halogenated alkanes) is 7. The van der Waals surface area contributed by atoms with E-state index < -0.39 is 12.0 Å². The quantitative estimate of drug-likeness (QED) is 0.330. The standard InChI is InChI=1S/C24H40N2O3/c1-5-6-7-8-9-10-11-12-13-20-14-16-21(17-15-20)24(29)25-22(18-23(27)28)19-26(2,3)4/h14-17,22H,5-13,18-19H2,1-4H3,(H-,25,27,28,29)/p+1. The zero-order chi connectivity index (χ0) is 21.7. The van der Waals surface area contributed by atoms with Crippen LogP contribution in [0.1, 0.15) is 80.6 Å². The summed E-state index contributed by atoms with van der Waals surface area (Å²) in [6.45, 7) is 2.81. The number of carboxylic acids is 1. The number of nitrogens with one attached hydrogen (secondary N) is 1. The number of carbonyl (C=O) groups excluding carboxylic acids is 1. The van der Waals surface area contributed by atoms with Crippen molar-refractivity contribution in [3.05, 3.63) is 35.4 Å². The number of amides is 1. The average molecular weight is 406 g/mol. The Labute approximate surface area is 177 Å². The summed E-state index contributed by atoms with van der Waals surface area (Å²) in [5.74, 6) is -1.10. The van der Waals surface area contributed by atoms with E-state index in [4.69, 9.17) is 5.11 Å². The van der Waals surface area contributed by atoms with Crippen LogP contribution in [0, 0.1) is 0 Å². The number of aliphatic carboxylic acids is 1. The van der Waals surface area contributed by atoms with E-state index >= 15 is 0 Å². The summed E-state index contributed by atoms with van der Waals surface area (Å²) in [7, 11) is 5.96. The second-order valence-corrected chi connectivity index (χ2v) is 9.16. The monoisotopic (exact) mass is 405 g/mol. The van der Waals surface area contributed by atoms with Crippen molar-refractivity contribution >= 4 is 11.9 Å². The lowest BCUT2D eigenvalue weighted by Gasteiger charge is -2.29. The highest BCUT2D eigenvalue weighted by molar-refractivity contribution is 5.94. The van der Waals surface area contributed by atoms with Crippen LogP contribution in [-0.2, 0) is 11.2 Å². The van der Waals surface area contributed by atoms with Gasteiger partial charge in [0, 0.05) is 5.56 Å². The lowest BCUT2D eigenvalue weighted by atomic mass is 10.0. The highest BCUT2D eigenvalue weighted by Crippen LogP contribution is 2.13. The summed E-state index contributed by atoms with van der Waals surface area (Å²) in [6.07, 6.45) is 11.4. The molecule has 1 aromatic carbocycles. The highest BCUT2D eigenvalue weighted by atomic mass is 16.4. The minimum atomic E-state index is -0.899. The van der Waals surface area contributed by atoms with E-state index in [-0.39, 0.29) is 12.3 Å². The molecule has 1 amide bonds. The molecule has 164 valence electrons. The van der Waals surface area contributed by atoms with Gasteiger partial charge in [-0.05, 0) is 30.5 Å². The molecule has 5 heteroatoms. The number of aryl methyl sites for hydroxylation is 1. The predicted octanol–water partition coefficient (Wildman–Crippen LogP) is 4.65. The van der Waals surface area contributed by atoms with Crippen molar-refractivity contribution in [3.63, 3.8) is 0 Å². The molecule has 2 N–H and O–H groups in total. The van der Waals surface area contributed by atoms with Gasteiger partial charge < -0.3 is 14.9 Å². The summed E-state index contributed by atoms with van der Waals surface area (Å²) in [6, 6.07) is 7.33. The second kappa shape index (κ2) is 13.4. The van der Waals surface area contributed by atoms with Gasteiger partial charge in [0.1, 0.15) is 0 Å². The van der Waals surface area contributed by atoms with Crippen LogP contribution in [0.2, 0.25) is 0 Å². The number of benzene rings is 1. The van der Waals surface area contributed by atoms with Crippen molar-refractivity contribution < 1.29 is 19.2 Å². The molecule has 1 atom stereocenters. The molecule has 1 rings (SSSR count). The topological polar surface area (TPSA) is 66.4 Å². The minimum Gasteiger partial charge on any atom is -0.481 e. The smallest absolute Gasteiger partial charge is 0.305 e. The van der Waals surface area contributed by atoms with Crippen molar-refractivity contribution in [1.82, 2.24) is 5.32 Å². The average Bonchev–Trinajstić information content (AvgIpc) is 2.62. The van der Waals surface area contributed by atoms with Crippen molar-refractivity contribution in [2.24, 2.45) is 0 Å². The normalized spacial score (nSPS) is 12.6. The fourth-order valence-electron chi connectivity index (χ4n) is 3.59. The number of quaternary nitrogens is 1. The number of nitrogens with zero attached hydrogens (tertiary/aromatic N) is 1. The van der Waals surface area contributed by atoms with Crippen molar-refractivity contribution in [1.29, 1.82) is 0 Å². The van der Waals surface area contributed by atoms with Crippen molar-refractivity contribution in [2.45, 2.75) is 77.2 Å². The van der Waals surface area contributed by atoms with Crippen LogP contribution >= 0.6 is 0 Å². The number of carbonyl (C=O) groups is 2. The zero-order valence-electron chi connectivity index (χ0n) is 18.9. The van der Waals surface area contributed by atoms with Crippen LogP contribution < -0.4 is 5.32 Å². The maximum atomic E-state index is 12.5. The van der Waals surface area contributed by atoms with E-state index in [1.54, 1.807) is 0 Å². The number of carboxylic acid groups (broad SMARTS) is 1. The molecule has 0 spiro atoms. The maximum absolute atomic E-state index is 12.5. The van der Waals surface area contributed by atoms with Crippen LogP contribution in [0.15, 0.2) is 24.3 Å².